The summed E-state index contributed by atoms with van der Waals surface area (Å²) in [6.07, 6.45) is 1.09. The normalized spacial score (nSPS) is 10.1. The number of hydrogen-bond donors (Lipinski definition) is 3. The fourth-order valence-electron chi connectivity index (χ4n) is 2.25. The Kier molecular flexibility index (Phi) is 6.19. The maximum absolute atomic E-state index is 12.4. The Morgan fingerprint density at radius 3 is 2.68 bits per heavy atom. The number of benzene rings is 1. The average Bonchev–Trinajstić information content (AvgIpc) is 2.64. The lowest BCUT2D eigenvalue weighted by Gasteiger charge is -2.12. The monoisotopic (exact) mass is 362 g/mol. The van der Waals surface area contributed by atoms with Gasteiger partial charge in [-0.3, -0.25) is 4.79 Å². The quantitative estimate of drug-likeness (QED) is 0.520. The number of carbonyl (C=O) groups is 1. The fraction of sp³-hybridized carbons (Fsp3) is 0.235. The lowest BCUT2D eigenvalue weighted by Crippen LogP contribution is -2.24. The first-order valence-corrected chi connectivity index (χ1v) is 7.79. The second-order valence-electron chi connectivity index (χ2n) is 5.01. The number of nitrogens with one attached hydrogen (secondary N) is 3. The van der Waals surface area contributed by atoms with E-state index in [1.807, 2.05) is 6.07 Å². The average molecular weight is 363 g/mol. The Labute approximate surface area is 150 Å². The third kappa shape index (κ3) is 4.19. The molecule has 0 aliphatic carbocycles. The summed E-state index contributed by atoms with van der Waals surface area (Å²) in [7, 11) is 4.81. The number of anilines is 1. The van der Waals surface area contributed by atoms with Crippen LogP contribution in [-0.4, -0.2) is 38.4 Å². The summed E-state index contributed by atoms with van der Waals surface area (Å²) in [5.74, 6) is 0.898. The summed E-state index contributed by atoms with van der Waals surface area (Å²) >= 11 is 6.04. The molecule has 1 amide bonds. The summed E-state index contributed by atoms with van der Waals surface area (Å²) in [4.78, 5) is 16.4. The van der Waals surface area contributed by atoms with Crippen LogP contribution in [0.15, 0.2) is 24.3 Å². The third-order valence-corrected chi connectivity index (χ3v) is 3.88. The molecular weight excluding hydrogens is 344 g/mol. The number of halogens is 1. The van der Waals surface area contributed by atoms with Crippen molar-refractivity contribution in [1.29, 1.82) is 5.41 Å². The molecule has 0 saturated carbocycles. The van der Waals surface area contributed by atoms with E-state index in [4.69, 9.17) is 26.5 Å². The Balaban J connectivity index is 2.18. The highest BCUT2D eigenvalue weighted by Gasteiger charge is 2.15. The number of methoxy groups -OCH3 is 2. The van der Waals surface area contributed by atoms with E-state index in [0.29, 0.717) is 22.7 Å². The summed E-state index contributed by atoms with van der Waals surface area (Å²) in [6, 6.07) is 6.90. The van der Waals surface area contributed by atoms with Crippen LogP contribution < -0.4 is 20.1 Å². The summed E-state index contributed by atoms with van der Waals surface area (Å²) in [6.45, 7) is 0.256. The summed E-state index contributed by atoms with van der Waals surface area (Å²) < 4.78 is 10.5. The molecule has 7 nitrogen and oxygen atoms in total. The van der Waals surface area contributed by atoms with Crippen LogP contribution in [0.5, 0.6) is 11.5 Å². The van der Waals surface area contributed by atoms with Crippen molar-refractivity contribution >= 4 is 29.4 Å². The topological polar surface area (TPSA) is 96.3 Å². The van der Waals surface area contributed by atoms with E-state index in [0.717, 1.165) is 11.8 Å². The molecule has 0 unspecified atom stereocenters. The Hall–Kier alpha value is -2.80. The second-order valence-corrected chi connectivity index (χ2v) is 5.37. The molecule has 0 spiro atoms. The van der Waals surface area contributed by atoms with Crippen molar-refractivity contribution in [1.82, 2.24) is 10.3 Å². The minimum absolute atomic E-state index is 0.0917. The summed E-state index contributed by atoms with van der Waals surface area (Å²) in [5.41, 5.74) is 1.94. The molecular formula is C17H19ClN4O3. The lowest BCUT2D eigenvalue weighted by atomic mass is 10.1. The van der Waals surface area contributed by atoms with Crippen molar-refractivity contribution in [2.24, 2.45) is 0 Å². The number of rotatable bonds is 7. The van der Waals surface area contributed by atoms with Gasteiger partial charge in [0.25, 0.3) is 5.91 Å². The van der Waals surface area contributed by atoms with Gasteiger partial charge in [-0.25, -0.2) is 4.98 Å². The van der Waals surface area contributed by atoms with Crippen LogP contribution >= 0.6 is 11.6 Å². The van der Waals surface area contributed by atoms with Crippen molar-refractivity contribution in [3.8, 4) is 11.5 Å². The molecule has 8 heteroatoms. The number of carbonyl (C=O) groups excluding carboxylic acids is 1. The van der Waals surface area contributed by atoms with Gasteiger partial charge in [0.1, 0.15) is 22.3 Å². The first-order chi connectivity index (χ1) is 12.0. The van der Waals surface area contributed by atoms with Gasteiger partial charge >= 0.3 is 0 Å². The molecule has 0 atom stereocenters. The second kappa shape index (κ2) is 8.34. The van der Waals surface area contributed by atoms with E-state index >= 15 is 0 Å². The van der Waals surface area contributed by atoms with Crippen LogP contribution in [0.1, 0.15) is 21.6 Å². The van der Waals surface area contributed by atoms with Crippen molar-refractivity contribution in [3.63, 3.8) is 0 Å². The van der Waals surface area contributed by atoms with Gasteiger partial charge in [-0.1, -0.05) is 11.6 Å². The van der Waals surface area contributed by atoms with Crippen molar-refractivity contribution in [2.75, 3.05) is 26.6 Å². The first-order valence-electron chi connectivity index (χ1n) is 7.41. The number of aromatic nitrogens is 1. The standard InChI is InChI=1S/C17H19ClN4O3/c1-20-13-7-14(22-16(18)12(13)8-19)17(23)21-9-10-4-5-11(24-2)6-15(10)25-3/h4-8,19H,9H2,1-3H3,(H,20,22)(H,21,23). The Morgan fingerprint density at radius 2 is 2.08 bits per heavy atom. The smallest absolute Gasteiger partial charge is 0.270 e. The van der Waals surface area contributed by atoms with Gasteiger partial charge < -0.3 is 25.5 Å². The van der Waals surface area contributed by atoms with Gasteiger partial charge in [0.05, 0.1) is 19.8 Å². The van der Waals surface area contributed by atoms with Gasteiger partial charge in [0.2, 0.25) is 0 Å². The van der Waals surface area contributed by atoms with E-state index in [-0.39, 0.29) is 23.3 Å². The fourth-order valence-corrected chi connectivity index (χ4v) is 2.50. The van der Waals surface area contributed by atoms with Crippen LogP contribution in [0, 0.1) is 5.41 Å². The van der Waals surface area contributed by atoms with Crippen molar-refractivity contribution in [3.05, 3.63) is 46.2 Å². The first kappa shape index (κ1) is 18.5. The van der Waals surface area contributed by atoms with Crippen LogP contribution in [0.25, 0.3) is 0 Å². The van der Waals surface area contributed by atoms with E-state index in [2.05, 4.69) is 15.6 Å². The Bertz CT molecular complexity index is 796. The van der Waals surface area contributed by atoms with Crippen molar-refractivity contribution < 1.29 is 14.3 Å². The minimum atomic E-state index is -0.382. The van der Waals surface area contributed by atoms with Gasteiger partial charge in [-0.2, -0.15) is 0 Å². The minimum Gasteiger partial charge on any atom is -0.497 e. The van der Waals surface area contributed by atoms with Gasteiger partial charge in [0, 0.05) is 37.1 Å². The zero-order chi connectivity index (χ0) is 18.4. The molecule has 2 aromatic rings. The predicted octanol–water partition coefficient (Wildman–Crippen LogP) is 2.72. The number of amides is 1. The highest BCUT2D eigenvalue weighted by molar-refractivity contribution is 6.32. The molecule has 0 saturated heterocycles. The van der Waals surface area contributed by atoms with E-state index in [9.17, 15) is 4.79 Å². The zero-order valence-corrected chi connectivity index (χ0v) is 14.9. The molecule has 132 valence electrons. The molecule has 0 bridgehead atoms. The molecule has 0 aliphatic rings. The molecule has 1 aromatic carbocycles. The van der Waals surface area contributed by atoms with Crippen molar-refractivity contribution in [2.45, 2.75) is 6.54 Å². The van der Waals surface area contributed by atoms with E-state index < -0.39 is 0 Å². The largest absolute Gasteiger partial charge is 0.497 e. The van der Waals surface area contributed by atoms with Gasteiger partial charge in [-0.15, -0.1) is 0 Å². The number of pyridine rings is 1. The maximum atomic E-state index is 12.4. The van der Waals surface area contributed by atoms with E-state index in [1.165, 1.54) is 0 Å². The summed E-state index contributed by atoms with van der Waals surface area (Å²) in [5, 5.41) is 13.1. The third-order valence-electron chi connectivity index (χ3n) is 3.59. The molecule has 1 aromatic heterocycles. The Morgan fingerprint density at radius 1 is 1.32 bits per heavy atom. The SMILES string of the molecule is CNc1cc(C(=O)NCc2ccc(OC)cc2OC)nc(Cl)c1C=N. The van der Waals surface area contributed by atoms with Crippen LogP contribution in [0.3, 0.4) is 0 Å². The molecule has 25 heavy (non-hydrogen) atoms. The highest BCUT2D eigenvalue weighted by Crippen LogP contribution is 2.25. The molecule has 1 heterocycles. The number of ether oxygens (including phenoxy) is 2. The molecule has 0 aliphatic heterocycles. The number of hydrogen-bond acceptors (Lipinski definition) is 6. The predicted molar refractivity (Wildman–Crippen MR) is 97.4 cm³/mol. The highest BCUT2D eigenvalue weighted by atomic mass is 35.5. The molecule has 3 N–H and O–H groups in total. The van der Waals surface area contributed by atoms with E-state index in [1.54, 1.807) is 39.5 Å². The lowest BCUT2D eigenvalue weighted by molar-refractivity contribution is 0.0946. The van der Waals surface area contributed by atoms with Gasteiger partial charge in [0.15, 0.2) is 0 Å². The van der Waals surface area contributed by atoms with Crippen LogP contribution in [0.2, 0.25) is 5.15 Å². The number of nitrogens with zero attached hydrogens (tertiary/aromatic N) is 1. The maximum Gasteiger partial charge on any atom is 0.270 e. The molecule has 2 rings (SSSR count). The molecule has 0 fully saturated rings. The van der Waals surface area contributed by atoms with Crippen LogP contribution in [-0.2, 0) is 6.54 Å². The van der Waals surface area contributed by atoms with Gasteiger partial charge in [-0.05, 0) is 18.2 Å². The zero-order valence-electron chi connectivity index (χ0n) is 14.1. The molecule has 0 radical (unpaired) electrons. The van der Waals surface area contributed by atoms with Crippen LogP contribution in [0.4, 0.5) is 5.69 Å².